The second-order valence-electron chi connectivity index (χ2n) is 5.52. The third kappa shape index (κ3) is 4.54. The topological polar surface area (TPSA) is 54.0 Å². The molecule has 19 heavy (non-hydrogen) atoms. The number of hydrogen-bond acceptors (Lipinski definition) is 3. The van der Waals surface area contributed by atoms with E-state index in [0.29, 0.717) is 35.8 Å². The van der Waals surface area contributed by atoms with Crippen LogP contribution in [-0.2, 0) is 0 Å². The van der Waals surface area contributed by atoms with Crippen LogP contribution in [0, 0.1) is 17.8 Å². The van der Waals surface area contributed by atoms with Crippen LogP contribution >= 0.6 is 0 Å². The Bertz CT molecular complexity index is 408. The Morgan fingerprint density at radius 2 is 1.84 bits per heavy atom. The number of amides is 1. The summed E-state index contributed by atoms with van der Waals surface area (Å²) >= 11 is 0. The summed E-state index contributed by atoms with van der Waals surface area (Å²) in [4.78, 5) is 16.3. The van der Waals surface area contributed by atoms with Gasteiger partial charge in [-0.25, -0.2) is 4.98 Å². The van der Waals surface area contributed by atoms with Crippen molar-refractivity contribution < 1.29 is 4.79 Å². The van der Waals surface area contributed by atoms with Crippen molar-refractivity contribution in [3.05, 3.63) is 23.9 Å². The molecule has 1 aromatic rings. The Balaban J connectivity index is 2.64. The Morgan fingerprint density at radius 3 is 2.37 bits per heavy atom. The van der Waals surface area contributed by atoms with Crippen molar-refractivity contribution >= 4 is 11.7 Å². The lowest BCUT2D eigenvalue weighted by Gasteiger charge is -2.24. The van der Waals surface area contributed by atoms with Gasteiger partial charge < -0.3 is 10.6 Å². The molecular formula is C15H25N3O. The van der Waals surface area contributed by atoms with E-state index in [1.54, 1.807) is 13.1 Å². The van der Waals surface area contributed by atoms with Gasteiger partial charge in [-0.15, -0.1) is 0 Å². The predicted molar refractivity (Wildman–Crippen MR) is 79.3 cm³/mol. The van der Waals surface area contributed by atoms with Crippen molar-refractivity contribution in [1.29, 1.82) is 0 Å². The van der Waals surface area contributed by atoms with Crippen LogP contribution in [0.25, 0.3) is 0 Å². The number of aromatic nitrogens is 1. The maximum atomic E-state index is 12.1. The highest BCUT2D eigenvalue weighted by atomic mass is 16.1. The summed E-state index contributed by atoms with van der Waals surface area (Å²) in [6.07, 6.45) is 0. The average Bonchev–Trinajstić information content (AvgIpc) is 2.38. The SMILES string of the molecule is CNc1cccc(C(=O)NCC(C(C)C)C(C)C)n1. The van der Waals surface area contributed by atoms with Gasteiger partial charge in [0.25, 0.3) is 5.91 Å². The van der Waals surface area contributed by atoms with Gasteiger partial charge in [-0.1, -0.05) is 33.8 Å². The smallest absolute Gasteiger partial charge is 0.269 e. The molecule has 1 aromatic heterocycles. The van der Waals surface area contributed by atoms with Crippen molar-refractivity contribution in [3.8, 4) is 0 Å². The average molecular weight is 263 g/mol. The minimum Gasteiger partial charge on any atom is -0.373 e. The number of carbonyl (C=O) groups excluding carboxylic acids is 1. The first-order valence-electron chi connectivity index (χ1n) is 6.88. The molecular weight excluding hydrogens is 238 g/mol. The van der Waals surface area contributed by atoms with Crippen LogP contribution < -0.4 is 10.6 Å². The number of hydrogen-bond donors (Lipinski definition) is 2. The molecule has 0 spiro atoms. The van der Waals surface area contributed by atoms with E-state index in [-0.39, 0.29) is 5.91 Å². The Labute approximate surface area is 116 Å². The lowest BCUT2D eigenvalue weighted by atomic mass is 9.85. The lowest BCUT2D eigenvalue weighted by molar-refractivity contribution is 0.0932. The molecule has 106 valence electrons. The number of anilines is 1. The van der Waals surface area contributed by atoms with E-state index >= 15 is 0 Å². The molecule has 4 heteroatoms. The van der Waals surface area contributed by atoms with Gasteiger partial charge >= 0.3 is 0 Å². The van der Waals surface area contributed by atoms with E-state index in [4.69, 9.17) is 0 Å². The number of nitrogens with zero attached hydrogens (tertiary/aromatic N) is 1. The van der Waals surface area contributed by atoms with Crippen LogP contribution in [0.4, 0.5) is 5.82 Å². The summed E-state index contributed by atoms with van der Waals surface area (Å²) in [7, 11) is 1.79. The summed E-state index contributed by atoms with van der Waals surface area (Å²) in [6.45, 7) is 9.46. The van der Waals surface area contributed by atoms with Gasteiger partial charge in [-0.05, 0) is 29.9 Å². The minimum atomic E-state index is -0.108. The van der Waals surface area contributed by atoms with Gasteiger partial charge in [0.1, 0.15) is 11.5 Å². The monoisotopic (exact) mass is 263 g/mol. The largest absolute Gasteiger partial charge is 0.373 e. The number of carbonyl (C=O) groups is 1. The first-order valence-corrected chi connectivity index (χ1v) is 6.88. The molecule has 0 aliphatic carbocycles. The second-order valence-corrected chi connectivity index (χ2v) is 5.52. The zero-order chi connectivity index (χ0) is 14.4. The Hall–Kier alpha value is -1.58. The molecule has 2 N–H and O–H groups in total. The molecule has 0 saturated heterocycles. The molecule has 0 fully saturated rings. The lowest BCUT2D eigenvalue weighted by Crippen LogP contribution is -2.34. The fraction of sp³-hybridized carbons (Fsp3) is 0.600. The van der Waals surface area contributed by atoms with E-state index in [1.165, 1.54) is 0 Å². The fourth-order valence-corrected chi connectivity index (χ4v) is 2.24. The second kappa shape index (κ2) is 7.12. The van der Waals surface area contributed by atoms with Crippen molar-refractivity contribution in [3.63, 3.8) is 0 Å². The highest BCUT2D eigenvalue weighted by Crippen LogP contribution is 2.19. The zero-order valence-electron chi connectivity index (χ0n) is 12.5. The third-order valence-electron chi connectivity index (χ3n) is 3.45. The van der Waals surface area contributed by atoms with Crippen LogP contribution in [0.3, 0.4) is 0 Å². The third-order valence-corrected chi connectivity index (χ3v) is 3.45. The molecule has 0 radical (unpaired) electrons. The molecule has 1 heterocycles. The maximum Gasteiger partial charge on any atom is 0.269 e. The van der Waals surface area contributed by atoms with E-state index in [0.717, 1.165) is 0 Å². The number of nitrogens with one attached hydrogen (secondary N) is 2. The fourth-order valence-electron chi connectivity index (χ4n) is 2.24. The highest BCUT2D eigenvalue weighted by molar-refractivity contribution is 5.92. The Kier molecular flexibility index (Phi) is 5.80. The predicted octanol–water partition coefficient (Wildman–Crippen LogP) is 2.78. The summed E-state index contributed by atoms with van der Waals surface area (Å²) in [6, 6.07) is 5.40. The molecule has 0 unspecified atom stereocenters. The normalized spacial score (nSPS) is 11.2. The van der Waals surface area contributed by atoms with E-state index < -0.39 is 0 Å². The molecule has 0 aromatic carbocycles. The molecule has 0 aliphatic heterocycles. The number of pyridine rings is 1. The van der Waals surface area contributed by atoms with Crippen molar-refractivity contribution in [2.75, 3.05) is 18.9 Å². The van der Waals surface area contributed by atoms with Crippen molar-refractivity contribution in [1.82, 2.24) is 10.3 Å². The van der Waals surface area contributed by atoms with Crippen molar-refractivity contribution in [2.24, 2.45) is 17.8 Å². The molecule has 0 bridgehead atoms. The zero-order valence-corrected chi connectivity index (χ0v) is 12.5. The summed E-state index contributed by atoms with van der Waals surface area (Å²) in [5.74, 6) is 2.19. The first kappa shape index (κ1) is 15.5. The van der Waals surface area contributed by atoms with Gasteiger partial charge in [0.2, 0.25) is 0 Å². The van der Waals surface area contributed by atoms with Crippen molar-refractivity contribution in [2.45, 2.75) is 27.7 Å². The molecule has 1 amide bonds. The van der Waals surface area contributed by atoms with Gasteiger partial charge in [0, 0.05) is 13.6 Å². The minimum absolute atomic E-state index is 0.108. The quantitative estimate of drug-likeness (QED) is 0.829. The van der Waals surface area contributed by atoms with Crippen LogP contribution in [-0.4, -0.2) is 24.5 Å². The molecule has 0 saturated carbocycles. The standard InChI is InChI=1S/C15H25N3O/c1-10(2)12(11(3)4)9-17-15(19)13-7-6-8-14(16-5)18-13/h6-8,10-12H,9H2,1-5H3,(H,16,18)(H,17,19). The van der Waals surface area contributed by atoms with Gasteiger partial charge in [0.15, 0.2) is 0 Å². The van der Waals surface area contributed by atoms with Crippen LogP contribution in [0.15, 0.2) is 18.2 Å². The van der Waals surface area contributed by atoms with Gasteiger partial charge in [-0.3, -0.25) is 4.79 Å². The van der Waals surface area contributed by atoms with E-state index in [9.17, 15) is 4.79 Å². The highest BCUT2D eigenvalue weighted by Gasteiger charge is 2.18. The van der Waals surface area contributed by atoms with E-state index in [2.05, 4.69) is 43.3 Å². The van der Waals surface area contributed by atoms with Gasteiger partial charge in [-0.2, -0.15) is 0 Å². The molecule has 4 nitrogen and oxygen atoms in total. The van der Waals surface area contributed by atoms with Crippen LogP contribution in [0.1, 0.15) is 38.2 Å². The number of rotatable bonds is 6. The Morgan fingerprint density at radius 1 is 1.21 bits per heavy atom. The molecule has 0 atom stereocenters. The summed E-state index contributed by atoms with van der Waals surface area (Å²) < 4.78 is 0. The van der Waals surface area contributed by atoms with Crippen LogP contribution in [0.2, 0.25) is 0 Å². The summed E-state index contributed by atoms with van der Waals surface area (Å²) in [5, 5.41) is 5.92. The molecule has 1 rings (SSSR count). The summed E-state index contributed by atoms with van der Waals surface area (Å²) in [5.41, 5.74) is 0.457. The van der Waals surface area contributed by atoms with Crippen LogP contribution in [0.5, 0.6) is 0 Å². The van der Waals surface area contributed by atoms with E-state index in [1.807, 2.05) is 12.1 Å². The molecule has 0 aliphatic rings. The first-order chi connectivity index (χ1) is 8.95. The van der Waals surface area contributed by atoms with Gasteiger partial charge in [0.05, 0.1) is 0 Å². The maximum absolute atomic E-state index is 12.1.